The maximum absolute atomic E-state index is 5.90. The Labute approximate surface area is 109 Å². The second-order valence-corrected chi connectivity index (χ2v) is 4.37. The molecule has 3 aromatic rings. The SMILES string of the molecule is Cc1cc(C)c(Oc2nccn3cnnc23)cc1N. The number of nitrogens with zero attached hydrogens (tertiary/aromatic N) is 4. The van der Waals surface area contributed by atoms with E-state index in [1.165, 1.54) is 0 Å². The Hall–Kier alpha value is -2.63. The van der Waals surface area contributed by atoms with Crippen LogP contribution in [0.4, 0.5) is 5.69 Å². The highest BCUT2D eigenvalue weighted by atomic mass is 16.5. The van der Waals surface area contributed by atoms with Gasteiger partial charge in [0, 0.05) is 24.1 Å². The average Bonchev–Trinajstić information content (AvgIpc) is 2.85. The summed E-state index contributed by atoms with van der Waals surface area (Å²) in [6, 6.07) is 3.78. The first-order valence-corrected chi connectivity index (χ1v) is 5.84. The monoisotopic (exact) mass is 255 g/mol. The Morgan fingerprint density at radius 1 is 1.21 bits per heavy atom. The zero-order valence-corrected chi connectivity index (χ0v) is 10.7. The highest BCUT2D eigenvalue weighted by Crippen LogP contribution is 2.29. The largest absolute Gasteiger partial charge is 0.436 e. The van der Waals surface area contributed by atoms with Crippen molar-refractivity contribution in [2.45, 2.75) is 13.8 Å². The van der Waals surface area contributed by atoms with E-state index in [0.29, 0.717) is 23.0 Å². The second-order valence-electron chi connectivity index (χ2n) is 4.37. The third-order valence-electron chi connectivity index (χ3n) is 2.95. The van der Waals surface area contributed by atoms with Crippen molar-refractivity contribution in [3.8, 4) is 11.6 Å². The Kier molecular flexibility index (Phi) is 2.56. The third kappa shape index (κ3) is 1.97. The van der Waals surface area contributed by atoms with E-state index in [4.69, 9.17) is 10.5 Å². The van der Waals surface area contributed by atoms with Gasteiger partial charge in [-0.25, -0.2) is 4.98 Å². The summed E-state index contributed by atoms with van der Waals surface area (Å²) in [4.78, 5) is 4.18. The molecule has 3 rings (SSSR count). The number of benzene rings is 1. The summed E-state index contributed by atoms with van der Waals surface area (Å²) in [5.41, 5.74) is 9.18. The molecule has 0 unspecified atom stereocenters. The zero-order valence-electron chi connectivity index (χ0n) is 10.7. The molecule has 0 fully saturated rings. The molecule has 2 aromatic heterocycles. The highest BCUT2D eigenvalue weighted by molar-refractivity contribution is 5.56. The lowest BCUT2D eigenvalue weighted by Gasteiger charge is -2.10. The second kappa shape index (κ2) is 4.24. The quantitative estimate of drug-likeness (QED) is 0.709. The maximum atomic E-state index is 5.90. The topological polar surface area (TPSA) is 78.3 Å². The van der Waals surface area contributed by atoms with Crippen LogP contribution in [0.15, 0.2) is 30.9 Å². The lowest BCUT2D eigenvalue weighted by Crippen LogP contribution is -1.97. The summed E-state index contributed by atoms with van der Waals surface area (Å²) >= 11 is 0. The van der Waals surface area contributed by atoms with Crippen LogP contribution in [0.2, 0.25) is 0 Å². The molecule has 1 aromatic carbocycles. The minimum absolute atomic E-state index is 0.409. The van der Waals surface area contributed by atoms with Crippen LogP contribution in [-0.4, -0.2) is 19.6 Å². The lowest BCUT2D eigenvalue weighted by atomic mass is 10.1. The van der Waals surface area contributed by atoms with Crippen LogP contribution in [0.25, 0.3) is 5.65 Å². The Balaban J connectivity index is 2.06. The van der Waals surface area contributed by atoms with E-state index >= 15 is 0 Å². The molecule has 19 heavy (non-hydrogen) atoms. The van der Waals surface area contributed by atoms with Gasteiger partial charge in [0.25, 0.3) is 5.88 Å². The van der Waals surface area contributed by atoms with Crippen LogP contribution >= 0.6 is 0 Å². The Bertz CT molecular complexity index is 750. The van der Waals surface area contributed by atoms with E-state index in [-0.39, 0.29) is 0 Å². The minimum Gasteiger partial charge on any atom is -0.436 e. The van der Waals surface area contributed by atoms with Gasteiger partial charge in [-0.3, -0.25) is 4.40 Å². The van der Waals surface area contributed by atoms with Crippen molar-refractivity contribution < 1.29 is 4.74 Å². The maximum Gasteiger partial charge on any atom is 0.265 e. The molecule has 6 nitrogen and oxygen atoms in total. The van der Waals surface area contributed by atoms with E-state index in [2.05, 4.69) is 15.2 Å². The van der Waals surface area contributed by atoms with Gasteiger partial charge in [0.15, 0.2) is 0 Å². The Morgan fingerprint density at radius 2 is 2.05 bits per heavy atom. The number of hydrogen-bond acceptors (Lipinski definition) is 5. The number of rotatable bonds is 2. The van der Waals surface area contributed by atoms with E-state index in [1.54, 1.807) is 29.2 Å². The van der Waals surface area contributed by atoms with Gasteiger partial charge < -0.3 is 10.5 Å². The molecule has 0 aliphatic carbocycles. The number of hydrogen-bond donors (Lipinski definition) is 1. The number of fused-ring (bicyclic) bond motifs is 1. The van der Waals surface area contributed by atoms with Gasteiger partial charge >= 0.3 is 0 Å². The van der Waals surface area contributed by atoms with Crippen molar-refractivity contribution in [2.75, 3.05) is 5.73 Å². The summed E-state index contributed by atoms with van der Waals surface area (Å²) in [6.07, 6.45) is 5.00. The minimum atomic E-state index is 0.409. The standard InChI is InChI=1S/C13H13N5O/c1-8-5-9(2)11(6-10(8)14)19-13-12-17-16-7-18(12)4-3-15-13/h3-7H,14H2,1-2H3. The molecular formula is C13H13N5O. The smallest absolute Gasteiger partial charge is 0.265 e. The van der Waals surface area contributed by atoms with E-state index < -0.39 is 0 Å². The van der Waals surface area contributed by atoms with E-state index in [9.17, 15) is 0 Å². The van der Waals surface area contributed by atoms with Gasteiger partial charge in [0.2, 0.25) is 5.65 Å². The van der Waals surface area contributed by atoms with Crippen LogP contribution in [0, 0.1) is 13.8 Å². The van der Waals surface area contributed by atoms with Gasteiger partial charge in [0.1, 0.15) is 12.1 Å². The van der Waals surface area contributed by atoms with Crippen molar-refractivity contribution in [3.63, 3.8) is 0 Å². The molecule has 0 saturated carbocycles. The van der Waals surface area contributed by atoms with Gasteiger partial charge in [-0.05, 0) is 25.0 Å². The first-order valence-electron chi connectivity index (χ1n) is 5.84. The first kappa shape index (κ1) is 11.5. The fraction of sp³-hybridized carbons (Fsp3) is 0.154. The molecule has 0 atom stereocenters. The average molecular weight is 255 g/mol. The molecule has 0 bridgehead atoms. The predicted molar refractivity (Wildman–Crippen MR) is 71.2 cm³/mol. The number of nitrogen functional groups attached to an aromatic ring is 1. The fourth-order valence-corrected chi connectivity index (χ4v) is 1.87. The van der Waals surface area contributed by atoms with Crippen molar-refractivity contribution in [2.24, 2.45) is 0 Å². The molecule has 0 spiro atoms. The molecule has 0 aliphatic rings. The summed E-state index contributed by atoms with van der Waals surface area (Å²) in [5.74, 6) is 1.08. The zero-order chi connectivity index (χ0) is 13.4. The molecule has 96 valence electrons. The molecule has 0 aliphatic heterocycles. The number of nitrogens with two attached hydrogens (primary N) is 1. The van der Waals surface area contributed by atoms with Crippen LogP contribution in [-0.2, 0) is 0 Å². The van der Waals surface area contributed by atoms with Crippen LogP contribution < -0.4 is 10.5 Å². The number of aryl methyl sites for hydroxylation is 2. The number of ether oxygens (including phenoxy) is 1. The van der Waals surface area contributed by atoms with Gasteiger partial charge in [-0.15, -0.1) is 10.2 Å². The summed E-state index contributed by atoms with van der Waals surface area (Å²) in [6.45, 7) is 3.93. The van der Waals surface area contributed by atoms with Crippen LogP contribution in [0.5, 0.6) is 11.6 Å². The number of aromatic nitrogens is 4. The molecule has 0 amide bonds. The number of anilines is 1. The molecule has 0 radical (unpaired) electrons. The normalized spacial score (nSPS) is 10.8. The van der Waals surface area contributed by atoms with Gasteiger partial charge in [-0.2, -0.15) is 0 Å². The third-order valence-corrected chi connectivity index (χ3v) is 2.95. The summed E-state index contributed by atoms with van der Waals surface area (Å²) in [7, 11) is 0. The van der Waals surface area contributed by atoms with E-state index in [0.717, 1.165) is 11.1 Å². The molecule has 2 N–H and O–H groups in total. The van der Waals surface area contributed by atoms with Crippen molar-refractivity contribution in [1.29, 1.82) is 0 Å². The van der Waals surface area contributed by atoms with Crippen molar-refractivity contribution in [1.82, 2.24) is 19.6 Å². The fourth-order valence-electron chi connectivity index (χ4n) is 1.87. The lowest BCUT2D eigenvalue weighted by molar-refractivity contribution is 0.461. The van der Waals surface area contributed by atoms with E-state index in [1.807, 2.05) is 19.9 Å². The molecule has 6 heteroatoms. The molecular weight excluding hydrogens is 242 g/mol. The Morgan fingerprint density at radius 3 is 2.89 bits per heavy atom. The first-order chi connectivity index (χ1) is 9.15. The highest BCUT2D eigenvalue weighted by Gasteiger charge is 2.10. The van der Waals surface area contributed by atoms with Crippen molar-refractivity contribution >= 4 is 11.3 Å². The summed E-state index contributed by atoms with van der Waals surface area (Å²) < 4.78 is 7.55. The van der Waals surface area contributed by atoms with Gasteiger partial charge in [0.05, 0.1) is 0 Å². The van der Waals surface area contributed by atoms with Crippen molar-refractivity contribution in [3.05, 3.63) is 42.0 Å². The predicted octanol–water partition coefficient (Wildman–Crippen LogP) is 2.12. The molecule has 2 heterocycles. The van der Waals surface area contributed by atoms with Crippen LogP contribution in [0.1, 0.15) is 11.1 Å². The van der Waals surface area contributed by atoms with Gasteiger partial charge in [-0.1, -0.05) is 6.07 Å². The van der Waals surface area contributed by atoms with Crippen LogP contribution in [0.3, 0.4) is 0 Å². The summed E-state index contributed by atoms with van der Waals surface area (Å²) in [5, 5.41) is 7.80. The molecule has 0 saturated heterocycles.